The van der Waals surface area contributed by atoms with Gasteiger partial charge in [0.2, 0.25) is 0 Å². The van der Waals surface area contributed by atoms with Gasteiger partial charge in [0.25, 0.3) is 0 Å². The number of rotatable bonds is 2. The first-order chi connectivity index (χ1) is 10.2. The van der Waals surface area contributed by atoms with Crippen LogP contribution in [0.2, 0.25) is 5.02 Å². The van der Waals surface area contributed by atoms with Crippen molar-refractivity contribution in [1.82, 2.24) is 5.32 Å². The normalized spacial score (nSPS) is 22.2. The Bertz CT molecular complexity index is 510. The van der Waals surface area contributed by atoms with E-state index in [2.05, 4.69) is 25.2 Å². The lowest BCUT2D eigenvalue weighted by atomic mass is 9.84. The van der Waals surface area contributed by atoms with Gasteiger partial charge in [-0.1, -0.05) is 25.4 Å². The molecule has 0 aliphatic carbocycles. The van der Waals surface area contributed by atoms with E-state index >= 15 is 0 Å². The smallest absolute Gasteiger partial charge is 0.180 e. The molecule has 4 heteroatoms. The average Bonchev–Trinajstić information content (AvgIpc) is 2.73. The third-order valence-corrected chi connectivity index (χ3v) is 4.64. The highest BCUT2D eigenvalue weighted by Gasteiger charge is 2.28. The Balaban J connectivity index is 2.10. The van der Waals surface area contributed by atoms with Crippen molar-refractivity contribution in [2.75, 3.05) is 26.3 Å². The lowest BCUT2D eigenvalue weighted by molar-refractivity contribution is 0.295. The van der Waals surface area contributed by atoms with Crippen molar-refractivity contribution < 1.29 is 9.47 Å². The zero-order valence-electron chi connectivity index (χ0n) is 12.9. The van der Waals surface area contributed by atoms with Crippen molar-refractivity contribution in [3.8, 4) is 11.5 Å². The third-order valence-electron chi connectivity index (χ3n) is 4.36. The fraction of sp³-hybridized carbons (Fsp3) is 0.647. The molecule has 0 radical (unpaired) electrons. The van der Waals surface area contributed by atoms with Gasteiger partial charge in [-0.2, -0.15) is 0 Å². The van der Waals surface area contributed by atoms with Crippen LogP contribution in [0.4, 0.5) is 0 Å². The molecular formula is C17H24ClNO2. The van der Waals surface area contributed by atoms with E-state index in [1.54, 1.807) is 0 Å². The van der Waals surface area contributed by atoms with Crippen LogP contribution in [0.3, 0.4) is 0 Å². The zero-order valence-corrected chi connectivity index (χ0v) is 13.6. The molecular weight excluding hydrogens is 286 g/mol. The van der Waals surface area contributed by atoms with Crippen molar-refractivity contribution in [2.45, 2.75) is 44.9 Å². The highest BCUT2D eigenvalue weighted by molar-refractivity contribution is 6.32. The molecule has 0 saturated carbocycles. The molecule has 0 amide bonds. The van der Waals surface area contributed by atoms with Crippen molar-refractivity contribution in [3.05, 3.63) is 22.2 Å². The maximum atomic E-state index is 6.49. The van der Waals surface area contributed by atoms with Crippen LogP contribution in [0.25, 0.3) is 0 Å². The molecule has 1 unspecified atom stereocenters. The second-order valence-corrected chi connectivity index (χ2v) is 6.68. The molecule has 1 saturated heterocycles. The summed E-state index contributed by atoms with van der Waals surface area (Å²) in [7, 11) is 0. The molecule has 0 bridgehead atoms. The maximum absolute atomic E-state index is 6.49. The maximum Gasteiger partial charge on any atom is 0.180 e. The monoisotopic (exact) mass is 309 g/mol. The van der Waals surface area contributed by atoms with E-state index in [-0.39, 0.29) is 0 Å². The molecule has 2 aliphatic rings. The van der Waals surface area contributed by atoms with Gasteiger partial charge in [0.15, 0.2) is 11.5 Å². The molecule has 2 aliphatic heterocycles. The molecule has 3 rings (SSSR count). The Kier molecular flexibility index (Phi) is 4.60. The van der Waals surface area contributed by atoms with Crippen LogP contribution in [0.5, 0.6) is 11.5 Å². The first-order valence-corrected chi connectivity index (χ1v) is 8.39. The second kappa shape index (κ2) is 6.45. The van der Waals surface area contributed by atoms with Gasteiger partial charge in [-0.3, -0.25) is 0 Å². The minimum absolute atomic E-state index is 0.398. The standard InChI is InChI=1S/C17H24ClNO2/c1-11(2)15-13(12-5-3-6-19-10-12)9-14(18)16-17(15)21-8-4-7-20-16/h9,11-12,19H,3-8,10H2,1-2H3. The van der Waals surface area contributed by atoms with Gasteiger partial charge >= 0.3 is 0 Å². The summed E-state index contributed by atoms with van der Waals surface area (Å²) in [6.07, 6.45) is 3.33. The van der Waals surface area contributed by atoms with Gasteiger partial charge < -0.3 is 14.8 Å². The predicted molar refractivity (Wildman–Crippen MR) is 86.0 cm³/mol. The second-order valence-electron chi connectivity index (χ2n) is 6.27. The number of hydrogen-bond acceptors (Lipinski definition) is 3. The van der Waals surface area contributed by atoms with Gasteiger partial charge in [-0.15, -0.1) is 0 Å². The SMILES string of the molecule is CC(C)c1c(C2CCCNC2)cc(Cl)c2c1OCCCO2. The van der Waals surface area contributed by atoms with Crippen molar-refractivity contribution in [1.29, 1.82) is 0 Å². The van der Waals surface area contributed by atoms with Crippen molar-refractivity contribution in [3.63, 3.8) is 0 Å². The Morgan fingerprint density at radius 2 is 1.95 bits per heavy atom. The highest BCUT2D eigenvalue weighted by Crippen LogP contribution is 2.47. The number of benzene rings is 1. The largest absolute Gasteiger partial charge is 0.489 e. The number of ether oxygens (including phenoxy) is 2. The third kappa shape index (κ3) is 3.00. The van der Waals surface area contributed by atoms with E-state index < -0.39 is 0 Å². The number of fused-ring (bicyclic) bond motifs is 1. The molecule has 1 aromatic carbocycles. The minimum atomic E-state index is 0.398. The topological polar surface area (TPSA) is 30.5 Å². The number of nitrogens with one attached hydrogen (secondary N) is 1. The zero-order chi connectivity index (χ0) is 14.8. The van der Waals surface area contributed by atoms with Gasteiger partial charge in [0.1, 0.15) is 0 Å². The summed E-state index contributed by atoms with van der Waals surface area (Å²) in [4.78, 5) is 0. The number of halogens is 1. The van der Waals surface area contributed by atoms with Crippen LogP contribution in [0, 0.1) is 0 Å². The lowest BCUT2D eigenvalue weighted by Gasteiger charge is -2.28. The molecule has 1 atom stereocenters. The number of hydrogen-bond donors (Lipinski definition) is 1. The molecule has 3 nitrogen and oxygen atoms in total. The van der Waals surface area contributed by atoms with E-state index in [4.69, 9.17) is 21.1 Å². The van der Waals surface area contributed by atoms with Gasteiger partial charge in [0.05, 0.1) is 18.2 Å². The molecule has 1 N–H and O–H groups in total. The van der Waals surface area contributed by atoms with Gasteiger partial charge in [0, 0.05) is 18.5 Å². The van der Waals surface area contributed by atoms with Crippen LogP contribution in [-0.4, -0.2) is 26.3 Å². The van der Waals surface area contributed by atoms with E-state index in [9.17, 15) is 0 Å². The molecule has 1 fully saturated rings. The van der Waals surface area contributed by atoms with Crippen LogP contribution in [0.1, 0.15) is 56.1 Å². The summed E-state index contributed by atoms with van der Waals surface area (Å²) < 4.78 is 11.9. The Morgan fingerprint density at radius 1 is 1.19 bits per heavy atom. The summed E-state index contributed by atoms with van der Waals surface area (Å²) in [5.74, 6) is 2.54. The lowest BCUT2D eigenvalue weighted by Crippen LogP contribution is -2.29. The summed E-state index contributed by atoms with van der Waals surface area (Å²) in [6, 6.07) is 2.11. The molecule has 1 aromatic rings. The fourth-order valence-electron chi connectivity index (χ4n) is 3.38. The van der Waals surface area contributed by atoms with Crippen molar-refractivity contribution >= 4 is 11.6 Å². The molecule has 2 heterocycles. The minimum Gasteiger partial charge on any atom is -0.489 e. The molecule has 0 aromatic heterocycles. The first kappa shape index (κ1) is 15.0. The van der Waals surface area contributed by atoms with Crippen LogP contribution in [0.15, 0.2) is 6.07 Å². The predicted octanol–water partition coefficient (Wildman–Crippen LogP) is 4.09. The van der Waals surface area contributed by atoms with E-state index in [1.165, 1.54) is 24.0 Å². The average molecular weight is 310 g/mol. The number of piperidine rings is 1. The summed E-state index contributed by atoms with van der Waals surface area (Å²) in [5.41, 5.74) is 2.62. The Labute approximate surface area is 132 Å². The summed E-state index contributed by atoms with van der Waals surface area (Å²) in [6.45, 7) is 7.96. The Morgan fingerprint density at radius 3 is 2.62 bits per heavy atom. The van der Waals surface area contributed by atoms with E-state index in [0.717, 1.165) is 31.0 Å². The molecule has 116 valence electrons. The van der Waals surface area contributed by atoms with Gasteiger partial charge in [-0.05, 0) is 42.9 Å². The molecule has 0 spiro atoms. The van der Waals surface area contributed by atoms with Crippen LogP contribution < -0.4 is 14.8 Å². The summed E-state index contributed by atoms with van der Waals surface area (Å²) in [5, 5.41) is 4.19. The summed E-state index contributed by atoms with van der Waals surface area (Å²) >= 11 is 6.49. The Hall–Kier alpha value is -0.930. The van der Waals surface area contributed by atoms with Gasteiger partial charge in [-0.25, -0.2) is 0 Å². The van der Waals surface area contributed by atoms with Crippen molar-refractivity contribution in [2.24, 2.45) is 0 Å². The highest BCUT2D eigenvalue weighted by atomic mass is 35.5. The van der Waals surface area contributed by atoms with Crippen LogP contribution in [-0.2, 0) is 0 Å². The van der Waals surface area contributed by atoms with Crippen LogP contribution >= 0.6 is 11.6 Å². The molecule has 21 heavy (non-hydrogen) atoms. The fourth-order valence-corrected chi connectivity index (χ4v) is 3.64. The van der Waals surface area contributed by atoms with E-state index in [0.29, 0.717) is 30.1 Å². The first-order valence-electron chi connectivity index (χ1n) is 8.01. The van der Waals surface area contributed by atoms with E-state index in [1.807, 2.05) is 0 Å². The quantitative estimate of drug-likeness (QED) is 0.892.